The Morgan fingerprint density at radius 2 is 2.13 bits per heavy atom. The van der Waals surface area contributed by atoms with Crippen molar-refractivity contribution in [1.29, 1.82) is 0 Å². The molecule has 1 atom stereocenters. The van der Waals surface area contributed by atoms with E-state index in [-0.39, 0.29) is 19.1 Å². The van der Waals surface area contributed by atoms with Gasteiger partial charge in [-0.25, -0.2) is 4.99 Å². The Hall–Kier alpha value is -2.83. The molecular weight excluding hydrogens is 416 g/mol. The maximum absolute atomic E-state index is 13.0. The summed E-state index contributed by atoms with van der Waals surface area (Å²) in [6.07, 6.45) is 3.31. The predicted molar refractivity (Wildman–Crippen MR) is 122 cm³/mol. The number of aliphatic hydroxyl groups is 1. The monoisotopic (exact) mass is 442 g/mol. The van der Waals surface area contributed by atoms with E-state index >= 15 is 0 Å². The minimum absolute atomic E-state index is 0.0925. The van der Waals surface area contributed by atoms with Crippen LogP contribution >= 0.6 is 11.6 Å². The van der Waals surface area contributed by atoms with Gasteiger partial charge in [0, 0.05) is 36.6 Å². The molecule has 0 radical (unpaired) electrons. The zero-order valence-corrected chi connectivity index (χ0v) is 18.1. The third-order valence-electron chi connectivity index (χ3n) is 4.93. The van der Waals surface area contributed by atoms with E-state index in [2.05, 4.69) is 16.9 Å². The summed E-state index contributed by atoms with van der Waals surface area (Å²) in [5.41, 5.74) is 0.799. The van der Waals surface area contributed by atoms with Gasteiger partial charge in [-0.2, -0.15) is 0 Å². The highest BCUT2D eigenvalue weighted by molar-refractivity contribution is 6.30. The number of benzene rings is 2. The van der Waals surface area contributed by atoms with Crippen LogP contribution in [-0.2, 0) is 16.0 Å². The van der Waals surface area contributed by atoms with Crippen LogP contribution < -0.4 is 10.1 Å². The first kappa shape index (κ1) is 22.8. The SMILES string of the molecule is C=CC[C@]1(C(=O)NCCc2cccc(Cl)c2)COC(c2ccc(OCCCO)cc2)=N1. The van der Waals surface area contributed by atoms with Crippen LogP contribution in [0, 0.1) is 0 Å². The van der Waals surface area contributed by atoms with Crippen molar-refractivity contribution >= 4 is 23.4 Å². The van der Waals surface area contributed by atoms with Crippen LogP contribution in [0.5, 0.6) is 5.75 Å². The number of aliphatic imine (C=N–C) groups is 1. The smallest absolute Gasteiger partial charge is 0.251 e. The molecule has 0 spiro atoms. The molecule has 1 aliphatic heterocycles. The van der Waals surface area contributed by atoms with Crippen molar-refractivity contribution in [2.24, 2.45) is 4.99 Å². The Labute approximate surface area is 187 Å². The standard InChI is InChI=1S/C24H27ClN2O4/c1-2-12-24(23(29)26-13-11-18-5-3-6-20(25)16-18)17-31-22(27-24)19-7-9-21(10-8-19)30-15-4-14-28/h2-3,5-10,16,28H,1,4,11-15,17H2,(H,26,29)/t24-/m1/s1. The van der Waals surface area contributed by atoms with Gasteiger partial charge in [-0.1, -0.05) is 29.8 Å². The summed E-state index contributed by atoms with van der Waals surface area (Å²) >= 11 is 6.02. The maximum atomic E-state index is 13.0. The highest BCUT2D eigenvalue weighted by Gasteiger charge is 2.43. The number of ether oxygens (including phenoxy) is 2. The average Bonchev–Trinajstić information content (AvgIpc) is 3.20. The molecule has 2 N–H and O–H groups in total. The summed E-state index contributed by atoms with van der Waals surface area (Å²) in [7, 11) is 0. The van der Waals surface area contributed by atoms with Crippen molar-refractivity contribution in [3.8, 4) is 5.75 Å². The van der Waals surface area contributed by atoms with Gasteiger partial charge in [-0.05, 0) is 48.4 Å². The number of rotatable bonds is 11. The third kappa shape index (κ3) is 6.09. The van der Waals surface area contributed by atoms with Crippen LogP contribution in [0.1, 0.15) is 24.0 Å². The molecule has 0 bridgehead atoms. The Balaban J connectivity index is 1.64. The zero-order chi connectivity index (χ0) is 22.1. The van der Waals surface area contributed by atoms with E-state index in [9.17, 15) is 4.79 Å². The molecule has 1 heterocycles. The van der Waals surface area contributed by atoms with E-state index in [1.165, 1.54) is 0 Å². The molecule has 0 unspecified atom stereocenters. The Morgan fingerprint density at radius 3 is 2.84 bits per heavy atom. The molecule has 0 fully saturated rings. The fraction of sp³-hybridized carbons (Fsp3) is 0.333. The van der Waals surface area contributed by atoms with Crippen molar-refractivity contribution in [1.82, 2.24) is 5.32 Å². The molecule has 2 aromatic rings. The summed E-state index contributed by atoms with van der Waals surface area (Å²) in [6, 6.07) is 14.9. The first-order valence-corrected chi connectivity index (χ1v) is 10.6. The first-order valence-electron chi connectivity index (χ1n) is 10.3. The van der Waals surface area contributed by atoms with Crippen LogP contribution in [0.3, 0.4) is 0 Å². The number of halogens is 1. The lowest BCUT2D eigenvalue weighted by molar-refractivity contribution is -0.126. The van der Waals surface area contributed by atoms with Gasteiger partial charge in [0.2, 0.25) is 5.90 Å². The van der Waals surface area contributed by atoms with Crippen molar-refractivity contribution in [3.05, 3.63) is 77.3 Å². The van der Waals surface area contributed by atoms with Crippen LogP contribution in [0.2, 0.25) is 5.02 Å². The van der Waals surface area contributed by atoms with E-state index in [0.29, 0.717) is 49.1 Å². The number of hydrogen-bond donors (Lipinski definition) is 2. The molecule has 2 aromatic carbocycles. The second-order valence-corrected chi connectivity index (χ2v) is 7.75. The molecule has 31 heavy (non-hydrogen) atoms. The third-order valence-corrected chi connectivity index (χ3v) is 5.16. The molecule has 7 heteroatoms. The van der Waals surface area contributed by atoms with E-state index in [4.69, 9.17) is 26.2 Å². The molecule has 6 nitrogen and oxygen atoms in total. The summed E-state index contributed by atoms with van der Waals surface area (Å²) in [5, 5.41) is 12.5. The molecule has 1 amide bonds. The fourth-order valence-corrected chi connectivity index (χ4v) is 3.49. The Kier molecular flexibility index (Phi) is 8.09. The second-order valence-electron chi connectivity index (χ2n) is 7.32. The predicted octanol–water partition coefficient (Wildman–Crippen LogP) is 3.55. The van der Waals surface area contributed by atoms with Crippen molar-refractivity contribution in [2.45, 2.75) is 24.8 Å². The van der Waals surface area contributed by atoms with Gasteiger partial charge in [0.05, 0.1) is 6.61 Å². The van der Waals surface area contributed by atoms with Gasteiger partial charge < -0.3 is 19.9 Å². The van der Waals surface area contributed by atoms with Crippen LogP contribution in [0.25, 0.3) is 0 Å². The number of nitrogens with one attached hydrogen (secondary N) is 1. The molecule has 3 rings (SSSR count). The van der Waals surface area contributed by atoms with Crippen molar-refractivity contribution in [2.75, 3.05) is 26.4 Å². The average molecular weight is 443 g/mol. The largest absolute Gasteiger partial charge is 0.494 e. The first-order chi connectivity index (χ1) is 15.1. The van der Waals surface area contributed by atoms with Crippen molar-refractivity contribution < 1.29 is 19.4 Å². The van der Waals surface area contributed by atoms with Gasteiger partial charge in [-0.3, -0.25) is 4.79 Å². The maximum Gasteiger partial charge on any atom is 0.251 e. The number of nitrogens with zero attached hydrogens (tertiary/aromatic N) is 1. The fourth-order valence-electron chi connectivity index (χ4n) is 3.27. The van der Waals surface area contributed by atoms with Crippen LogP contribution in [-0.4, -0.2) is 48.8 Å². The van der Waals surface area contributed by atoms with Gasteiger partial charge >= 0.3 is 0 Å². The number of carbonyl (C=O) groups is 1. The Morgan fingerprint density at radius 1 is 1.32 bits per heavy atom. The Bertz CT molecular complexity index is 929. The minimum Gasteiger partial charge on any atom is -0.494 e. The van der Waals surface area contributed by atoms with Crippen molar-refractivity contribution in [3.63, 3.8) is 0 Å². The van der Waals surface area contributed by atoms with Gasteiger partial charge in [0.1, 0.15) is 12.4 Å². The topological polar surface area (TPSA) is 80.2 Å². The molecular formula is C24H27ClN2O4. The van der Waals surface area contributed by atoms with E-state index in [1.807, 2.05) is 48.5 Å². The van der Waals surface area contributed by atoms with E-state index in [0.717, 1.165) is 11.1 Å². The lowest BCUT2D eigenvalue weighted by atomic mass is 9.96. The minimum atomic E-state index is -1.03. The molecule has 164 valence electrons. The molecule has 1 aliphatic rings. The summed E-state index contributed by atoms with van der Waals surface area (Å²) < 4.78 is 11.3. The van der Waals surface area contributed by atoms with Gasteiger partial charge in [-0.15, -0.1) is 6.58 Å². The highest BCUT2D eigenvalue weighted by atomic mass is 35.5. The van der Waals surface area contributed by atoms with E-state index in [1.54, 1.807) is 6.08 Å². The van der Waals surface area contributed by atoms with Gasteiger partial charge in [0.25, 0.3) is 5.91 Å². The molecule has 0 aromatic heterocycles. The quantitative estimate of drug-likeness (QED) is 0.412. The zero-order valence-electron chi connectivity index (χ0n) is 17.4. The summed E-state index contributed by atoms with van der Waals surface area (Å²) in [6.45, 7) is 4.96. The molecule has 0 aliphatic carbocycles. The lowest BCUT2D eigenvalue weighted by Gasteiger charge is -2.21. The number of carbonyl (C=O) groups excluding carboxylic acids is 1. The van der Waals surface area contributed by atoms with Gasteiger partial charge in [0.15, 0.2) is 5.54 Å². The normalized spacial score (nSPS) is 17.5. The number of amides is 1. The number of hydrogen-bond acceptors (Lipinski definition) is 5. The summed E-state index contributed by atoms with van der Waals surface area (Å²) in [4.78, 5) is 17.6. The van der Waals surface area contributed by atoms with E-state index < -0.39 is 5.54 Å². The van der Waals surface area contributed by atoms with Crippen LogP contribution in [0.4, 0.5) is 0 Å². The lowest BCUT2D eigenvalue weighted by Crippen LogP contribution is -2.47. The second kappa shape index (κ2) is 11.0. The highest BCUT2D eigenvalue weighted by Crippen LogP contribution is 2.27. The summed E-state index contributed by atoms with van der Waals surface area (Å²) in [5.74, 6) is 0.939. The van der Waals surface area contributed by atoms with Crippen LogP contribution in [0.15, 0.2) is 66.2 Å². The molecule has 0 saturated carbocycles. The number of aliphatic hydroxyl groups excluding tert-OH is 1. The molecule has 0 saturated heterocycles.